The SMILES string of the molecule is CC(C)(C)OC(=O)C1CCCN1CC1CC(c2ccc(CO)cc2)OC(c2cccc(-c3cccc(CNC(=O)c4cccnc4)c3)c2)O1. The monoisotopic (exact) mass is 663 g/mol. The van der Waals surface area contributed by atoms with Gasteiger partial charge >= 0.3 is 5.97 Å². The summed E-state index contributed by atoms with van der Waals surface area (Å²) in [5.41, 5.74) is 5.70. The van der Waals surface area contributed by atoms with Gasteiger partial charge in [-0.25, -0.2) is 0 Å². The van der Waals surface area contributed by atoms with Crippen LogP contribution in [0.1, 0.15) is 85.0 Å². The third-order valence-electron chi connectivity index (χ3n) is 8.89. The third-order valence-corrected chi connectivity index (χ3v) is 8.89. The van der Waals surface area contributed by atoms with E-state index in [1.165, 1.54) is 0 Å². The van der Waals surface area contributed by atoms with Crippen LogP contribution in [0, 0.1) is 0 Å². The van der Waals surface area contributed by atoms with Gasteiger partial charge in [0.15, 0.2) is 6.29 Å². The summed E-state index contributed by atoms with van der Waals surface area (Å²) in [4.78, 5) is 31.9. The summed E-state index contributed by atoms with van der Waals surface area (Å²) in [6.45, 7) is 7.45. The Kier molecular flexibility index (Phi) is 10.8. The first-order valence-electron chi connectivity index (χ1n) is 17.0. The van der Waals surface area contributed by atoms with Crippen LogP contribution in [-0.4, -0.2) is 57.7 Å². The van der Waals surface area contributed by atoms with E-state index >= 15 is 0 Å². The average Bonchev–Trinajstić information content (AvgIpc) is 3.58. The van der Waals surface area contributed by atoms with E-state index in [2.05, 4.69) is 33.4 Å². The van der Waals surface area contributed by atoms with Crippen molar-refractivity contribution < 1.29 is 28.9 Å². The van der Waals surface area contributed by atoms with Gasteiger partial charge in [0.25, 0.3) is 5.91 Å². The maximum Gasteiger partial charge on any atom is 0.323 e. The summed E-state index contributed by atoms with van der Waals surface area (Å²) in [6, 6.07) is 27.3. The number of carbonyl (C=O) groups excluding carboxylic acids is 2. The lowest BCUT2D eigenvalue weighted by Crippen LogP contribution is -2.45. The molecule has 0 radical (unpaired) electrons. The molecule has 3 heterocycles. The molecule has 2 aliphatic rings. The zero-order valence-electron chi connectivity index (χ0n) is 28.4. The van der Waals surface area contributed by atoms with Gasteiger partial charge in [-0.15, -0.1) is 0 Å². The molecule has 49 heavy (non-hydrogen) atoms. The molecule has 2 aliphatic heterocycles. The molecule has 256 valence electrons. The first kappa shape index (κ1) is 34.5. The van der Waals surface area contributed by atoms with Crippen LogP contribution in [0.3, 0.4) is 0 Å². The fourth-order valence-electron chi connectivity index (χ4n) is 6.48. The molecule has 2 fully saturated rings. The predicted molar refractivity (Wildman–Crippen MR) is 186 cm³/mol. The molecule has 1 aromatic heterocycles. The topological polar surface area (TPSA) is 110 Å². The molecule has 4 atom stereocenters. The van der Waals surface area contributed by atoms with E-state index < -0.39 is 11.9 Å². The molecule has 0 spiro atoms. The van der Waals surface area contributed by atoms with Gasteiger partial charge in [0.1, 0.15) is 11.6 Å². The Hall–Kier alpha value is -4.41. The maximum atomic E-state index is 13.1. The molecule has 2 N–H and O–H groups in total. The summed E-state index contributed by atoms with van der Waals surface area (Å²) in [6.07, 6.45) is 4.44. The number of benzene rings is 3. The maximum absolute atomic E-state index is 13.1. The van der Waals surface area contributed by atoms with Crippen molar-refractivity contribution in [1.29, 1.82) is 0 Å². The molecule has 0 aliphatic carbocycles. The number of esters is 1. The summed E-state index contributed by atoms with van der Waals surface area (Å²) in [5.74, 6) is -0.357. The van der Waals surface area contributed by atoms with Gasteiger partial charge in [0.2, 0.25) is 0 Å². The van der Waals surface area contributed by atoms with Gasteiger partial charge in [-0.05, 0) is 92.2 Å². The second kappa shape index (κ2) is 15.4. The Labute approximate surface area is 288 Å². The fraction of sp³-hybridized carbons (Fsp3) is 0.375. The number of aliphatic hydroxyl groups excluding tert-OH is 1. The zero-order chi connectivity index (χ0) is 34.4. The number of rotatable bonds is 10. The van der Waals surface area contributed by atoms with E-state index in [0.717, 1.165) is 52.8 Å². The Morgan fingerprint density at radius 2 is 1.71 bits per heavy atom. The average molecular weight is 664 g/mol. The van der Waals surface area contributed by atoms with E-state index in [9.17, 15) is 14.7 Å². The van der Waals surface area contributed by atoms with Crippen LogP contribution in [0.2, 0.25) is 0 Å². The van der Waals surface area contributed by atoms with Gasteiger partial charge in [-0.1, -0.05) is 60.7 Å². The summed E-state index contributed by atoms with van der Waals surface area (Å²) in [7, 11) is 0. The minimum absolute atomic E-state index is 0.0218. The smallest absolute Gasteiger partial charge is 0.323 e. The van der Waals surface area contributed by atoms with E-state index in [-0.39, 0.29) is 36.7 Å². The number of aliphatic hydroxyl groups is 1. The largest absolute Gasteiger partial charge is 0.459 e. The molecular formula is C40H45N3O6. The lowest BCUT2D eigenvalue weighted by molar-refractivity contribution is -0.253. The highest BCUT2D eigenvalue weighted by molar-refractivity contribution is 5.93. The van der Waals surface area contributed by atoms with Gasteiger partial charge in [-0.3, -0.25) is 19.5 Å². The fourth-order valence-corrected chi connectivity index (χ4v) is 6.48. The molecule has 1 amide bonds. The number of nitrogens with zero attached hydrogens (tertiary/aromatic N) is 2. The molecule has 6 rings (SSSR count). The van der Waals surface area contributed by atoms with Crippen LogP contribution in [0.25, 0.3) is 11.1 Å². The second-order valence-electron chi connectivity index (χ2n) is 13.8. The van der Waals surface area contributed by atoms with E-state index in [0.29, 0.717) is 25.1 Å². The number of nitrogens with one attached hydrogen (secondary N) is 1. The summed E-state index contributed by atoms with van der Waals surface area (Å²) >= 11 is 0. The van der Waals surface area contributed by atoms with Crippen molar-refractivity contribution in [1.82, 2.24) is 15.2 Å². The first-order chi connectivity index (χ1) is 23.6. The minimum Gasteiger partial charge on any atom is -0.459 e. The molecule has 2 saturated heterocycles. The predicted octanol–water partition coefficient (Wildman–Crippen LogP) is 6.52. The van der Waals surface area contributed by atoms with Crippen molar-refractivity contribution in [2.75, 3.05) is 13.1 Å². The Balaban J connectivity index is 1.21. The number of ether oxygens (including phenoxy) is 3. The number of likely N-dealkylation sites (tertiary alicyclic amines) is 1. The van der Waals surface area contributed by atoms with Gasteiger partial charge in [0, 0.05) is 37.5 Å². The molecule has 4 unspecified atom stereocenters. The molecular weight excluding hydrogens is 618 g/mol. The van der Waals surface area contributed by atoms with E-state index in [1.54, 1.807) is 24.5 Å². The van der Waals surface area contributed by atoms with Crippen LogP contribution in [0.5, 0.6) is 0 Å². The molecule has 0 saturated carbocycles. The van der Waals surface area contributed by atoms with Gasteiger partial charge in [-0.2, -0.15) is 0 Å². The number of carbonyl (C=O) groups is 2. The number of hydrogen-bond donors (Lipinski definition) is 2. The van der Waals surface area contributed by atoms with Crippen LogP contribution in [-0.2, 0) is 32.2 Å². The quantitative estimate of drug-likeness (QED) is 0.185. The van der Waals surface area contributed by atoms with Crippen molar-refractivity contribution in [3.63, 3.8) is 0 Å². The van der Waals surface area contributed by atoms with Crippen LogP contribution < -0.4 is 5.32 Å². The summed E-state index contributed by atoms with van der Waals surface area (Å²) < 4.78 is 19.1. The van der Waals surface area contributed by atoms with Crippen molar-refractivity contribution in [3.05, 3.63) is 125 Å². The lowest BCUT2D eigenvalue weighted by atomic mass is 9.98. The van der Waals surface area contributed by atoms with Crippen LogP contribution in [0.4, 0.5) is 0 Å². The summed E-state index contributed by atoms with van der Waals surface area (Å²) in [5, 5.41) is 12.6. The zero-order valence-corrected chi connectivity index (χ0v) is 28.4. The van der Waals surface area contributed by atoms with Crippen molar-refractivity contribution in [2.24, 2.45) is 0 Å². The van der Waals surface area contributed by atoms with Crippen molar-refractivity contribution in [2.45, 2.75) is 83.3 Å². The molecule has 3 aromatic carbocycles. The molecule has 9 nitrogen and oxygen atoms in total. The number of pyridine rings is 1. The highest BCUT2D eigenvalue weighted by atomic mass is 16.7. The van der Waals surface area contributed by atoms with Crippen molar-refractivity contribution >= 4 is 11.9 Å². The standard InChI is InChI=1S/C40H45N3O6/c1-40(2,3)49-38(46)35-13-7-19-43(35)25-34-22-36(29-16-14-27(26-44)15-17-29)48-39(47-34)32-11-5-10-31(21-32)30-9-4-8-28(20-30)23-42-37(45)33-12-6-18-41-24-33/h4-6,8-12,14-18,20-21,24,34-36,39,44H,7,13,19,22-23,25-26H2,1-3H3,(H,42,45). The third kappa shape index (κ3) is 8.99. The Morgan fingerprint density at radius 1 is 0.939 bits per heavy atom. The normalized spacial score (nSPS) is 21.3. The first-order valence-corrected chi connectivity index (χ1v) is 17.0. The van der Waals surface area contributed by atoms with Crippen LogP contribution >= 0.6 is 0 Å². The molecule has 0 bridgehead atoms. The van der Waals surface area contributed by atoms with Crippen LogP contribution in [0.15, 0.2) is 97.3 Å². The van der Waals surface area contributed by atoms with Crippen molar-refractivity contribution in [3.8, 4) is 11.1 Å². The minimum atomic E-state index is -0.634. The Morgan fingerprint density at radius 3 is 2.45 bits per heavy atom. The number of amides is 1. The number of aromatic nitrogens is 1. The van der Waals surface area contributed by atoms with E-state index in [1.807, 2.05) is 75.4 Å². The van der Waals surface area contributed by atoms with Gasteiger partial charge in [0.05, 0.1) is 24.4 Å². The highest BCUT2D eigenvalue weighted by Crippen LogP contribution is 2.39. The highest BCUT2D eigenvalue weighted by Gasteiger charge is 2.39. The lowest BCUT2D eigenvalue weighted by Gasteiger charge is -2.38. The molecule has 9 heteroatoms. The van der Waals surface area contributed by atoms with Gasteiger partial charge < -0.3 is 24.6 Å². The second-order valence-corrected chi connectivity index (χ2v) is 13.8. The van der Waals surface area contributed by atoms with E-state index in [4.69, 9.17) is 14.2 Å². The Bertz CT molecular complexity index is 1720. The molecule has 4 aromatic rings. The number of hydrogen-bond acceptors (Lipinski definition) is 8.